The molecular formula is C20H20N4O4S. The van der Waals surface area contributed by atoms with E-state index in [9.17, 15) is 9.59 Å². The van der Waals surface area contributed by atoms with Crippen molar-refractivity contribution in [2.75, 3.05) is 14.2 Å². The van der Waals surface area contributed by atoms with E-state index in [1.807, 2.05) is 17.5 Å². The van der Waals surface area contributed by atoms with Crippen molar-refractivity contribution in [1.82, 2.24) is 19.9 Å². The number of carbonyl (C=O) groups is 1. The number of aromatic nitrogens is 3. The number of thiophene rings is 1. The van der Waals surface area contributed by atoms with Gasteiger partial charge in [0, 0.05) is 29.3 Å². The third-order valence-electron chi connectivity index (χ3n) is 4.70. The second kappa shape index (κ2) is 7.96. The molecule has 4 rings (SSSR count). The lowest BCUT2D eigenvalue weighted by Gasteiger charge is -2.07. The maximum Gasteiger partial charge on any atom is 0.277 e. The fourth-order valence-corrected chi connectivity index (χ4v) is 3.83. The van der Waals surface area contributed by atoms with Gasteiger partial charge >= 0.3 is 0 Å². The summed E-state index contributed by atoms with van der Waals surface area (Å²) >= 11 is 1.59. The number of carbonyl (C=O) groups excluding carboxylic acids is 1. The summed E-state index contributed by atoms with van der Waals surface area (Å²) in [5.74, 6) is 1.01. The molecule has 0 radical (unpaired) electrons. The standard InChI is InChI=1S/C20H20N4O4S/c1-27-15-8-13-14(9-16(15)28-2)23-19-18(13)22-11-24(20(19)26)6-5-17(25)21-10-12-4-3-7-29-12/h3-4,7-9,11,23H,5-6,10H2,1-2H3,(H,21,25). The van der Waals surface area contributed by atoms with Crippen LogP contribution in [0, 0.1) is 0 Å². The van der Waals surface area contributed by atoms with Crippen molar-refractivity contribution in [3.05, 3.63) is 51.2 Å². The molecule has 0 atom stereocenters. The molecule has 9 heteroatoms. The zero-order valence-electron chi connectivity index (χ0n) is 16.0. The topological polar surface area (TPSA) is 98.2 Å². The summed E-state index contributed by atoms with van der Waals surface area (Å²) in [4.78, 5) is 33.6. The molecule has 3 heterocycles. The number of aryl methyl sites for hydroxylation is 1. The van der Waals surface area contributed by atoms with Gasteiger partial charge < -0.3 is 19.8 Å². The molecule has 0 aliphatic heterocycles. The van der Waals surface area contributed by atoms with Crippen LogP contribution in [0.4, 0.5) is 0 Å². The van der Waals surface area contributed by atoms with E-state index in [1.54, 1.807) is 37.7 Å². The molecule has 150 valence electrons. The summed E-state index contributed by atoms with van der Waals surface area (Å²) in [6.07, 6.45) is 1.67. The Hall–Kier alpha value is -3.33. The van der Waals surface area contributed by atoms with Crippen LogP contribution in [-0.4, -0.2) is 34.7 Å². The number of rotatable bonds is 7. The summed E-state index contributed by atoms with van der Waals surface area (Å²) in [5.41, 5.74) is 1.45. The van der Waals surface area contributed by atoms with Crippen molar-refractivity contribution in [1.29, 1.82) is 0 Å². The first-order chi connectivity index (χ1) is 14.1. The molecule has 2 N–H and O–H groups in total. The number of hydrogen-bond donors (Lipinski definition) is 2. The van der Waals surface area contributed by atoms with Gasteiger partial charge in [0.15, 0.2) is 11.5 Å². The Labute approximate surface area is 170 Å². The number of amides is 1. The highest BCUT2D eigenvalue weighted by atomic mass is 32.1. The Balaban J connectivity index is 1.56. The van der Waals surface area contributed by atoms with Crippen molar-refractivity contribution in [2.24, 2.45) is 0 Å². The molecule has 4 aromatic rings. The SMILES string of the molecule is COc1cc2[nH]c3c(=O)n(CCC(=O)NCc4cccs4)cnc3c2cc1OC. The summed E-state index contributed by atoms with van der Waals surface area (Å²) in [5, 5.41) is 5.60. The van der Waals surface area contributed by atoms with Crippen LogP contribution in [0.3, 0.4) is 0 Å². The fraction of sp³-hybridized carbons (Fsp3) is 0.250. The molecule has 0 spiro atoms. The first-order valence-electron chi connectivity index (χ1n) is 9.02. The molecule has 1 amide bonds. The maximum atomic E-state index is 12.9. The quantitative estimate of drug-likeness (QED) is 0.486. The lowest BCUT2D eigenvalue weighted by molar-refractivity contribution is -0.121. The van der Waals surface area contributed by atoms with E-state index in [0.717, 1.165) is 15.8 Å². The molecule has 0 saturated heterocycles. The van der Waals surface area contributed by atoms with Crippen molar-refractivity contribution >= 4 is 39.2 Å². The fourth-order valence-electron chi connectivity index (χ4n) is 3.19. The summed E-state index contributed by atoms with van der Waals surface area (Å²) in [6, 6.07) is 7.48. The average molecular weight is 412 g/mol. The van der Waals surface area contributed by atoms with Crippen molar-refractivity contribution in [3.8, 4) is 11.5 Å². The van der Waals surface area contributed by atoms with Gasteiger partial charge in [-0.1, -0.05) is 6.07 Å². The number of H-pyrrole nitrogens is 1. The number of aromatic amines is 1. The largest absolute Gasteiger partial charge is 0.493 e. The molecule has 0 unspecified atom stereocenters. The number of ether oxygens (including phenoxy) is 2. The molecule has 0 bridgehead atoms. The van der Waals surface area contributed by atoms with Gasteiger partial charge in [-0.25, -0.2) is 4.98 Å². The highest BCUT2D eigenvalue weighted by molar-refractivity contribution is 7.09. The average Bonchev–Trinajstić information content (AvgIpc) is 3.38. The minimum atomic E-state index is -0.227. The molecule has 8 nitrogen and oxygen atoms in total. The van der Waals surface area contributed by atoms with E-state index in [-0.39, 0.29) is 24.4 Å². The van der Waals surface area contributed by atoms with Crippen LogP contribution in [0.25, 0.3) is 21.9 Å². The zero-order valence-corrected chi connectivity index (χ0v) is 16.8. The van der Waals surface area contributed by atoms with Crippen LogP contribution in [0.2, 0.25) is 0 Å². The lowest BCUT2D eigenvalue weighted by atomic mass is 10.2. The number of fused-ring (bicyclic) bond motifs is 3. The Kier molecular flexibility index (Phi) is 5.22. The normalized spacial score (nSPS) is 11.1. The van der Waals surface area contributed by atoms with E-state index >= 15 is 0 Å². The number of nitrogens with zero attached hydrogens (tertiary/aromatic N) is 2. The van der Waals surface area contributed by atoms with Gasteiger partial charge in [0.1, 0.15) is 11.0 Å². The molecular weight excluding hydrogens is 392 g/mol. The first kappa shape index (κ1) is 19.0. The Bertz CT molecular complexity index is 1230. The van der Waals surface area contributed by atoms with Crippen molar-refractivity contribution in [3.63, 3.8) is 0 Å². The lowest BCUT2D eigenvalue weighted by Crippen LogP contribution is -2.27. The van der Waals surface area contributed by atoms with Crippen LogP contribution < -0.4 is 20.3 Å². The van der Waals surface area contributed by atoms with Crippen LogP contribution in [0.5, 0.6) is 11.5 Å². The van der Waals surface area contributed by atoms with E-state index in [2.05, 4.69) is 15.3 Å². The minimum absolute atomic E-state index is 0.114. The van der Waals surface area contributed by atoms with Crippen molar-refractivity contribution in [2.45, 2.75) is 19.5 Å². The van der Waals surface area contributed by atoms with Crippen LogP contribution in [0.15, 0.2) is 40.8 Å². The predicted molar refractivity (Wildman–Crippen MR) is 112 cm³/mol. The summed E-state index contributed by atoms with van der Waals surface area (Å²) in [7, 11) is 3.11. The van der Waals surface area contributed by atoms with E-state index < -0.39 is 0 Å². The van der Waals surface area contributed by atoms with Gasteiger partial charge in [0.25, 0.3) is 5.56 Å². The number of nitrogens with one attached hydrogen (secondary N) is 2. The number of benzene rings is 1. The van der Waals surface area contributed by atoms with Gasteiger partial charge in [-0.05, 0) is 17.5 Å². The molecule has 1 aromatic carbocycles. The van der Waals surface area contributed by atoms with Gasteiger partial charge in [-0.15, -0.1) is 11.3 Å². The smallest absolute Gasteiger partial charge is 0.277 e. The number of hydrogen-bond acceptors (Lipinski definition) is 6. The second-order valence-corrected chi connectivity index (χ2v) is 7.48. The highest BCUT2D eigenvalue weighted by Gasteiger charge is 2.15. The van der Waals surface area contributed by atoms with Gasteiger partial charge in [0.05, 0.1) is 32.6 Å². The van der Waals surface area contributed by atoms with Gasteiger partial charge in [0.2, 0.25) is 5.91 Å². The first-order valence-corrected chi connectivity index (χ1v) is 9.90. The van der Waals surface area contributed by atoms with Crippen LogP contribution in [0.1, 0.15) is 11.3 Å². The second-order valence-electron chi connectivity index (χ2n) is 6.45. The molecule has 29 heavy (non-hydrogen) atoms. The van der Waals surface area contributed by atoms with E-state index in [0.29, 0.717) is 29.1 Å². The zero-order chi connectivity index (χ0) is 20.4. The van der Waals surface area contributed by atoms with Crippen LogP contribution in [-0.2, 0) is 17.9 Å². The van der Waals surface area contributed by atoms with Crippen LogP contribution >= 0.6 is 11.3 Å². The maximum absolute atomic E-state index is 12.9. The van der Waals surface area contributed by atoms with Gasteiger partial charge in [-0.3, -0.25) is 14.2 Å². The van der Waals surface area contributed by atoms with Gasteiger partial charge in [-0.2, -0.15) is 0 Å². The molecule has 0 saturated carbocycles. The Morgan fingerprint density at radius 3 is 2.79 bits per heavy atom. The Morgan fingerprint density at radius 2 is 2.07 bits per heavy atom. The monoisotopic (exact) mass is 412 g/mol. The highest BCUT2D eigenvalue weighted by Crippen LogP contribution is 2.34. The molecule has 0 aliphatic carbocycles. The molecule has 0 aliphatic rings. The third kappa shape index (κ3) is 3.68. The summed E-state index contributed by atoms with van der Waals surface area (Å²) in [6.45, 7) is 0.744. The van der Waals surface area contributed by atoms with E-state index in [1.165, 1.54) is 10.9 Å². The molecule has 3 aromatic heterocycles. The van der Waals surface area contributed by atoms with E-state index in [4.69, 9.17) is 9.47 Å². The summed E-state index contributed by atoms with van der Waals surface area (Å²) < 4.78 is 12.1. The van der Waals surface area contributed by atoms with Crippen molar-refractivity contribution < 1.29 is 14.3 Å². The Morgan fingerprint density at radius 1 is 1.28 bits per heavy atom. The molecule has 0 fully saturated rings. The minimum Gasteiger partial charge on any atom is -0.493 e. The third-order valence-corrected chi connectivity index (χ3v) is 5.57. The number of methoxy groups -OCH3 is 2. The predicted octanol–water partition coefficient (Wildman–Crippen LogP) is 2.66.